The van der Waals surface area contributed by atoms with E-state index in [1.54, 1.807) is 0 Å². The zero-order valence-electron chi connectivity index (χ0n) is 10.5. The molecular weight excluding hydrogens is 232 g/mol. The molecule has 1 amide bonds. The van der Waals surface area contributed by atoms with Gasteiger partial charge in [0.1, 0.15) is 0 Å². The Morgan fingerprint density at radius 3 is 2.67 bits per heavy atom. The van der Waals surface area contributed by atoms with Gasteiger partial charge in [-0.15, -0.1) is 10.2 Å². The van der Waals surface area contributed by atoms with E-state index in [-0.39, 0.29) is 11.7 Å². The molecule has 0 aromatic carbocycles. The predicted molar refractivity (Wildman–Crippen MR) is 66.0 cm³/mol. The molecular formula is C11H20N6O. The van der Waals surface area contributed by atoms with E-state index in [2.05, 4.69) is 31.3 Å². The molecule has 1 aromatic heterocycles. The maximum atomic E-state index is 11.5. The second kappa shape index (κ2) is 7.05. The van der Waals surface area contributed by atoms with Crippen LogP contribution in [-0.2, 0) is 0 Å². The molecule has 7 heteroatoms. The third-order valence-electron chi connectivity index (χ3n) is 3.25. The van der Waals surface area contributed by atoms with Gasteiger partial charge in [0, 0.05) is 19.1 Å². The number of aromatic nitrogens is 4. The minimum absolute atomic E-state index is 0.0875. The van der Waals surface area contributed by atoms with Gasteiger partial charge in [-0.2, -0.15) is 5.21 Å². The highest BCUT2D eigenvalue weighted by Crippen LogP contribution is 2.16. The maximum absolute atomic E-state index is 11.5. The van der Waals surface area contributed by atoms with Crippen LogP contribution in [0.5, 0.6) is 0 Å². The summed E-state index contributed by atoms with van der Waals surface area (Å²) in [6.07, 6.45) is 7.83. The van der Waals surface area contributed by atoms with Crippen molar-refractivity contribution in [3.05, 3.63) is 5.82 Å². The fourth-order valence-electron chi connectivity index (χ4n) is 2.27. The summed E-state index contributed by atoms with van der Waals surface area (Å²) in [4.78, 5) is 11.5. The van der Waals surface area contributed by atoms with Crippen molar-refractivity contribution < 1.29 is 4.79 Å². The average molecular weight is 252 g/mol. The van der Waals surface area contributed by atoms with E-state index in [0.717, 1.165) is 6.54 Å². The molecule has 1 fully saturated rings. The lowest BCUT2D eigenvalue weighted by molar-refractivity contribution is 0.0943. The molecule has 0 radical (unpaired) electrons. The number of H-pyrrole nitrogens is 1. The first kappa shape index (κ1) is 12.9. The molecule has 1 aliphatic rings. The predicted octanol–water partition coefficient (Wildman–Crippen LogP) is 0.242. The number of aromatic amines is 1. The number of carbonyl (C=O) groups excluding carboxylic acids is 1. The highest BCUT2D eigenvalue weighted by Gasteiger charge is 2.12. The number of rotatable bonds is 5. The third kappa shape index (κ3) is 4.06. The third-order valence-corrected chi connectivity index (χ3v) is 3.25. The second-order valence-corrected chi connectivity index (χ2v) is 4.63. The second-order valence-electron chi connectivity index (χ2n) is 4.63. The van der Waals surface area contributed by atoms with Crippen LogP contribution < -0.4 is 10.6 Å². The molecule has 18 heavy (non-hydrogen) atoms. The van der Waals surface area contributed by atoms with E-state index in [1.807, 2.05) is 0 Å². The summed E-state index contributed by atoms with van der Waals surface area (Å²) in [6, 6.07) is 0.606. The van der Waals surface area contributed by atoms with Crippen molar-refractivity contribution in [2.45, 2.75) is 44.6 Å². The molecule has 0 aliphatic heterocycles. The standard InChI is InChI=1S/C11H20N6O/c18-11(10-14-16-17-15-10)13-8-7-12-9-5-3-1-2-4-6-9/h9,12H,1-8H2,(H,13,18)(H,14,15,16,17). The first-order valence-corrected chi connectivity index (χ1v) is 6.61. The summed E-state index contributed by atoms with van der Waals surface area (Å²) in [5.41, 5.74) is 0. The minimum Gasteiger partial charge on any atom is -0.348 e. The zero-order chi connectivity index (χ0) is 12.6. The van der Waals surface area contributed by atoms with Crippen molar-refractivity contribution in [3.63, 3.8) is 0 Å². The molecule has 7 nitrogen and oxygen atoms in total. The quantitative estimate of drug-likeness (QED) is 0.515. The van der Waals surface area contributed by atoms with Gasteiger partial charge in [0.05, 0.1) is 0 Å². The Morgan fingerprint density at radius 1 is 1.22 bits per heavy atom. The van der Waals surface area contributed by atoms with Crippen molar-refractivity contribution in [1.82, 2.24) is 31.3 Å². The number of nitrogens with zero attached hydrogens (tertiary/aromatic N) is 3. The van der Waals surface area contributed by atoms with E-state index < -0.39 is 0 Å². The Hall–Kier alpha value is -1.50. The lowest BCUT2D eigenvalue weighted by Crippen LogP contribution is -2.37. The van der Waals surface area contributed by atoms with Crippen molar-refractivity contribution in [2.24, 2.45) is 0 Å². The number of carbonyl (C=O) groups is 1. The summed E-state index contributed by atoms with van der Waals surface area (Å²) < 4.78 is 0. The fraction of sp³-hybridized carbons (Fsp3) is 0.818. The van der Waals surface area contributed by atoms with E-state index in [0.29, 0.717) is 12.6 Å². The van der Waals surface area contributed by atoms with Crippen LogP contribution in [0.4, 0.5) is 0 Å². The van der Waals surface area contributed by atoms with Crippen molar-refractivity contribution in [3.8, 4) is 0 Å². The first-order chi connectivity index (χ1) is 8.86. The molecule has 1 aromatic rings. The van der Waals surface area contributed by atoms with Gasteiger partial charge in [0.2, 0.25) is 0 Å². The van der Waals surface area contributed by atoms with Crippen molar-refractivity contribution in [1.29, 1.82) is 0 Å². The molecule has 0 bridgehead atoms. The summed E-state index contributed by atoms with van der Waals surface area (Å²) >= 11 is 0. The average Bonchev–Trinajstić information content (AvgIpc) is 2.80. The summed E-state index contributed by atoms with van der Waals surface area (Å²) in [5.74, 6) is -0.198. The molecule has 3 N–H and O–H groups in total. The summed E-state index contributed by atoms with van der Waals surface area (Å²) in [6.45, 7) is 1.37. The zero-order valence-corrected chi connectivity index (χ0v) is 10.5. The van der Waals surface area contributed by atoms with Gasteiger partial charge in [-0.05, 0) is 18.1 Å². The van der Waals surface area contributed by atoms with Crippen LogP contribution in [-0.4, -0.2) is 45.7 Å². The Bertz CT molecular complexity index is 344. The molecule has 0 spiro atoms. The largest absolute Gasteiger partial charge is 0.348 e. The Kier molecular flexibility index (Phi) is 5.07. The van der Waals surface area contributed by atoms with E-state index >= 15 is 0 Å². The van der Waals surface area contributed by atoms with Gasteiger partial charge in [-0.3, -0.25) is 4.79 Å². The van der Waals surface area contributed by atoms with E-state index in [1.165, 1.54) is 38.5 Å². The van der Waals surface area contributed by atoms with Gasteiger partial charge in [-0.1, -0.05) is 25.7 Å². The fourth-order valence-corrected chi connectivity index (χ4v) is 2.27. The minimum atomic E-state index is -0.286. The van der Waals surface area contributed by atoms with Crippen LogP contribution in [0.1, 0.15) is 49.1 Å². The molecule has 0 saturated heterocycles. The molecule has 2 rings (SSSR count). The van der Waals surface area contributed by atoms with E-state index in [9.17, 15) is 4.79 Å². The van der Waals surface area contributed by atoms with Crippen molar-refractivity contribution >= 4 is 5.91 Å². The van der Waals surface area contributed by atoms with Crippen LogP contribution in [0.2, 0.25) is 0 Å². The smallest absolute Gasteiger partial charge is 0.292 e. The number of amides is 1. The molecule has 1 aliphatic carbocycles. The van der Waals surface area contributed by atoms with Gasteiger partial charge >= 0.3 is 0 Å². The number of hydrogen-bond donors (Lipinski definition) is 3. The lowest BCUT2D eigenvalue weighted by atomic mass is 10.1. The number of tetrazole rings is 1. The Balaban J connectivity index is 1.59. The van der Waals surface area contributed by atoms with Crippen LogP contribution >= 0.6 is 0 Å². The highest BCUT2D eigenvalue weighted by atomic mass is 16.2. The van der Waals surface area contributed by atoms with Crippen LogP contribution in [0.15, 0.2) is 0 Å². The SMILES string of the molecule is O=C(NCCNC1CCCCCC1)c1nn[nH]n1. The monoisotopic (exact) mass is 252 g/mol. The normalized spacial score (nSPS) is 17.3. The molecule has 1 saturated carbocycles. The van der Waals surface area contributed by atoms with Gasteiger partial charge in [-0.25, -0.2) is 0 Å². The van der Waals surface area contributed by atoms with E-state index in [4.69, 9.17) is 0 Å². The van der Waals surface area contributed by atoms with Crippen molar-refractivity contribution in [2.75, 3.05) is 13.1 Å². The van der Waals surface area contributed by atoms with Crippen LogP contribution in [0.3, 0.4) is 0 Å². The molecule has 0 atom stereocenters. The van der Waals surface area contributed by atoms with Crippen LogP contribution in [0, 0.1) is 0 Å². The molecule has 1 heterocycles. The number of nitrogens with one attached hydrogen (secondary N) is 3. The van der Waals surface area contributed by atoms with Gasteiger partial charge in [0.25, 0.3) is 11.7 Å². The van der Waals surface area contributed by atoms with Crippen LogP contribution in [0.25, 0.3) is 0 Å². The maximum Gasteiger partial charge on any atom is 0.292 e. The lowest BCUT2D eigenvalue weighted by Gasteiger charge is -2.15. The Morgan fingerprint density at radius 2 is 2.00 bits per heavy atom. The highest BCUT2D eigenvalue weighted by molar-refractivity contribution is 5.89. The number of hydrogen-bond acceptors (Lipinski definition) is 5. The van der Waals surface area contributed by atoms with Gasteiger partial charge < -0.3 is 10.6 Å². The molecule has 100 valence electrons. The summed E-state index contributed by atoms with van der Waals surface area (Å²) in [7, 11) is 0. The topological polar surface area (TPSA) is 95.6 Å². The van der Waals surface area contributed by atoms with Gasteiger partial charge in [0.15, 0.2) is 0 Å². The first-order valence-electron chi connectivity index (χ1n) is 6.61. The summed E-state index contributed by atoms with van der Waals surface area (Å²) in [5, 5.41) is 19.1. The molecule has 0 unspecified atom stereocenters. The Labute approximate surface area is 106 Å².